The average molecular weight is 458 g/mol. The predicted octanol–water partition coefficient (Wildman–Crippen LogP) is 5.04. The van der Waals surface area contributed by atoms with Crippen LogP contribution < -0.4 is 15.3 Å². The van der Waals surface area contributed by atoms with Crippen molar-refractivity contribution in [2.24, 2.45) is 0 Å². The van der Waals surface area contributed by atoms with Gasteiger partial charge in [-0.05, 0) is 43.3 Å². The van der Waals surface area contributed by atoms with Gasteiger partial charge in [0.25, 0.3) is 5.91 Å². The lowest BCUT2D eigenvalue weighted by atomic mass is 10.1. The second kappa shape index (κ2) is 8.84. The number of para-hydroxylation sites is 2. The Bertz CT molecular complexity index is 1510. The molecule has 1 amide bonds. The number of nitrogens with zero attached hydrogens (tertiary/aromatic N) is 3. The third-order valence-corrected chi connectivity index (χ3v) is 6.11. The number of pyridine rings is 1. The van der Waals surface area contributed by atoms with E-state index in [0.29, 0.717) is 39.7 Å². The smallest absolute Gasteiger partial charge is 0.349 e. The summed E-state index contributed by atoms with van der Waals surface area (Å²) in [6.45, 7) is 2.55. The van der Waals surface area contributed by atoms with Gasteiger partial charge in [0.15, 0.2) is 5.13 Å². The SMILES string of the molecule is CCOc1cccc2sc(N(Cc3ccccn3)C(=O)c3cc4ccccc4oc3=O)nc12. The lowest BCUT2D eigenvalue weighted by molar-refractivity contribution is 0.0981. The van der Waals surface area contributed by atoms with Gasteiger partial charge < -0.3 is 9.15 Å². The van der Waals surface area contributed by atoms with E-state index in [0.717, 1.165) is 4.70 Å². The molecule has 5 rings (SSSR count). The van der Waals surface area contributed by atoms with Crippen LogP contribution in [0.5, 0.6) is 5.75 Å². The number of hydrogen-bond donors (Lipinski definition) is 0. The minimum Gasteiger partial charge on any atom is -0.492 e. The molecular weight excluding hydrogens is 438 g/mol. The zero-order valence-electron chi connectivity index (χ0n) is 17.7. The van der Waals surface area contributed by atoms with E-state index in [1.807, 2.05) is 43.3 Å². The third-order valence-electron chi connectivity index (χ3n) is 5.06. The third kappa shape index (κ3) is 4.08. The monoisotopic (exact) mass is 457 g/mol. The van der Waals surface area contributed by atoms with Crippen LogP contribution in [-0.2, 0) is 6.54 Å². The first-order chi connectivity index (χ1) is 16.1. The first-order valence-corrected chi connectivity index (χ1v) is 11.2. The number of rotatable bonds is 6. The normalized spacial score (nSPS) is 11.1. The number of carbonyl (C=O) groups is 1. The van der Waals surface area contributed by atoms with E-state index in [1.54, 1.807) is 36.5 Å². The van der Waals surface area contributed by atoms with Gasteiger partial charge in [0.05, 0.1) is 23.5 Å². The first-order valence-electron chi connectivity index (χ1n) is 10.4. The standard InChI is InChI=1S/C25H19N3O4S/c1-2-31-20-11-7-12-21-22(20)27-25(33-21)28(15-17-9-5-6-13-26-17)23(29)18-14-16-8-3-4-10-19(16)32-24(18)30/h3-14H,2,15H2,1H3. The van der Waals surface area contributed by atoms with Crippen molar-refractivity contribution in [2.45, 2.75) is 13.5 Å². The van der Waals surface area contributed by atoms with E-state index in [2.05, 4.69) is 4.98 Å². The van der Waals surface area contributed by atoms with E-state index < -0.39 is 11.5 Å². The summed E-state index contributed by atoms with van der Waals surface area (Å²) >= 11 is 1.35. The van der Waals surface area contributed by atoms with Crippen molar-refractivity contribution < 1.29 is 13.9 Å². The molecule has 5 aromatic rings. The van der Waals surface area contributed by atoms with E-state index in [9.17, 15) is 9.59 Å². The first kappa shape index (κ1) is 20.8. The van der Waals surface area contributed by atoms with Crippen LogP contribution in [0.3, 0.4) is 0 Å². The molecule has 7 nitrogen and oxygen atoms in total. The number of fused-ring (bicyclic) bond motifs is 2. The van der Waals surface area contributed by atoms with E-state index in [-0.39, 0.29) is 12.1 Å². The molecule has 0 saturated heterocycles. The van der Waals surface area contributed by atoms with Crippen molar-refractivity contribution in [1.29, 1.82) is 0 Å². The van der Waals surface area contributed by atoms with Crippen molar-refractivity contribution in [3.05, 3.63) is 94.6 Å². The van der Waals surface area contributed by atoms with Crippen molar-refractivity contribution in [3.63, 3.8) is 0 Å². The van der Waals surface area contributed by atoms with Crippen LogP contribution in [0.25, 0.3) is 21.2 Å². The second-order valence-electron chi connectivity index (χ2n) is 7.23. The molecule has 0 aliphatic heterocycles. The Hall–Kier alpha value is -4.04. The van der Waals surface area contributed by atoms with Crippen molar-refractivity contribution >= 4 is 43.6 Å². The Morgan fingerprint density at radius 2 is 1.94 bits per heavy atom. The Morgan fingerprint density at radius 3 is 2.76 bits per heavy atom. The molecule has 0 spiro atoms. The maximum Gasteiger partial charge on any atom is 0.349 e. The van der Waals surface area contributed by atoms with Gasteiger partial charge in [-0.2, -0.15) is 0 Å². The van der Waals surface area contributed by atoms with Crippen molar-refractivity contribution in [3.8, 4) is 5.75 Å². The highest BCUT2D eigenvalue weighted by Crippen LogP contribution is 2.35. The fourth-order valence-corrected chi connectivity index (χ4v) is 4.52. The highest BCUT2D eigenvalue weighted by Gasteiger charge is 2.26. The summed E-state index contributed by atoms with van der Waals surface area (Å²) in [5, 5.41) is 1.11. The number of benzene rings is 2. The van der Waals surface area contributed by atoms with Crippen molar-refractivity contribution in [2.75, 3.05) is 11.5 Å². The van der Waals surface area contributed by atoms with Crippen LogP contribution in [0.2, 0.25) is 0 Å². The summed E-state index contributed by atoms with van der Waals surface area (Å²) in [4.78, 5) is 36.9. The molecule has 0 N–H and O–H groups in total. The number of hydrogen-bond acceptors (Lipinski definition) is 7. The molecule has 2 aromatic carbocycles. The Morgan fingerprint density at radius 1 is 1.09 bits per heavy atom. The molecule has 3 aromatic heterocycles. The number of thiazole rings is 1. The Balaban J connectivity index is 1.63. The van der Waals surface area contributed by atoms with Gasteiger partial charge in [-0.1, -0.05) is 41.7 Å². The summed E-state index contributed by atoms with van der Waals surface area (Å²) in [6, 6.07) is 19.8. The van der Waals surface area contributed by atoms with Crippen LogP contribution in [-0.4, -0.2) is 22.5 Å². The fourth-order valence-electron chi connectivity index (χ4n) is 3.54. The summed E-state index contributed by atoms with van der Waals surface area (Å²) < 4.78 is 12.0. The lowest BCUT2D eigenvalue weighted by Crippen LogP contribution is -2.34. The van der Waals surface area contributed by atoms with Crippen molar-refractivity contribution in [1.82, 2.24) is 9.97 Å². The predicted molar refractivity (Wildman–Crippen MR) is 128 cm³/mol. The van der Waals surface area contributed by atoms with Gasteiger partial charge >= 0.3 is 5.63 Å². The highest BCUT2D eigenvalue weighted by molar-refractivity contribution is 7.22. The number of carbonyl (C=O) groups excluding carboxylic acids is 1. The topological polar surface area (TPSA) is 85.5 Å². The van der Waals surface area contributed by atoms with Crippen LogP contribution in [0.4, 0.5) is 5.13 Å². The maximum absolute atomic E-state index is 13.7. The van der Waals surface area contributed by atoms with Gasteiger partial charge in [0, 0.05) is 11.6 Å². The molecule has 3 heterocycles. The summed E-state index contributed by atoms with van der Waals surface area (Å²) in [7, 11) is 0. The minimum absolute atomic E-state index is 0.0612. The van der Waals surface area contributed by atoms with Gasteiger partial charge in [0.2, 0.25) is 0 Å². The van der Waals surface area contributed by atoms with Crippen LogP contribution in [0.1, 0.15) is 23.0 Å². The van der Waals surface area contributed by atoms with E-state index >= 15 is 0 Å². The summed E-state index contributed by atoms with van der Waals surface area (Å²) in [5.74, 6) is 0.144. The van der Waals surface area contributed by atoms with E-state index in [1.165, 1.54) is 16.2 Å². The summed E-state index contributed by atoms with van der Waals surface area (Å²) in [5.41, 5.74) is 1.01. The molecular formula is C25H19N3O4S. The van der Waals surface area contributed by atoms with Crippen LogP contribution >= 0.6 is 11.3 Å². The molecule has 0 aliphatic rings. The fraction of sp³-hybridized carbons (Fsp3) is 0.120. The Kier molecular flexibility index (Phi) is 5.58. The molecule has 0 unspecified atom stereocenters. The number of amides is 1. The number of aromatic nitrogens is 2. The van der Waals surface area contributed by atoms with Gasteiger partial charge in [-0.3, -0.25) is 14.7 Å². The molecule has 0 bridgehead atoms. The molecule has 0 radical (unpaired) electrons. The minimum atomic E-state index is -0.694. The van der Waals surface area contributed by atoms with E-state index in [4.69, 9.17) is 14.1 Å². The van der Waals surface area contributed by atoms with Crippen LogP contribution in [0, 0.1) is 0 Å². The zero-order chi connectivity index (χ0) is 22.8. The quantitative estimate of drug-likeness (QED) is 0.332. The van der Waals surface area contributed by atoms with Gasteiger partial charge in [0.1, 0.15) is 22.4 Å². The Labute approximate surface area is 192 Å². The number of anilines is 1. The average Bonchev–Trinajstić information content (AvgIpc) is 3.27. The molecule has 33 heavy (non-hydrogen) atoms. The van der Waals surface area contributed by atoms with Crippen LogP contribution in [0.15, 0.2) is 82.1 Å². The maximum atomic E-state index is 13.7. The highest BCUT2D eigenvalue weighted by atomic mass is 32.1. The molecule has 0 fully saturated rings. The molecule has 8 heteroatoms. The molecule has 0 atom stereocenters. The zero-order valence-corrected chi connectivity index (χ0v) is 18.5. The van der Waals surface area contributed by atoms with Gasteiger partial charge in [-0.15, -0.1) is 0 Å². The van der Waals surface area contributed by atoms with Gasteiger partial charge in [-0.25, -0.2) is 9.78 Å². The number of ether oxygens (including phenoxy) is 1. The molecule has 0 aliphatic carbocycles. The molecule has 164 valence electrons. The molecule has 0 saturated carbocycles. The lowest BCUT2D eigenvalue weighted by Gasteiger charge is -2.19. The second-order valence-corrected chi connectivity index (χ2v) is 8.24. The summed E-state index contributed by atoms with van der Waals surface area (Å²) in [6.07, 6.45) is 1.66. The largest absolute Gasteiger partial charge is 0.492 e.